The van der Waals surface area contributed by atoms with Gasteiger partial charge in [0.05, 0.1) is 11.9 Å². The maximum Gasteiger partial charge on any atom is 0.112 e. The molecular formula is C15H14N6. The van der Waals surface area contributed by atoms with Gasteiger partial charge in [0, 0.05) is 6.42 Å². The number of nitrogens with one attached hydrogen (secondary N) is 2. The first-order valence-corrected chi connectivity index (χ1v) is 6.56. The summed E-state index contributed by atoms with van der Waals surface area (Å²) in [6.45, 7) is 0. The third kappa shape index (κ3) is 3.50. The van der Waals surface area contributed by atoms with Crippen LogP contribution in [0.25, 0.3) is 11.0 Å². The smallest absolute Gasteiger partial charge is 0.112 e. The van der Waals surface area contributed by atoms with Crippen molar-refractivity contribution in [3.8, 4) is 0 Å². The Morgan fingerprint density at radius 3 is 2.00 bits per heavy atom. The molecule has 6 heteroatoms. The van der Waals surface area contributed by atoms with E-state index in [1.165, 1.54) is 5.56 Å². The minimum atomic E-state index is 0.845. The molecule has 0 saturated carbocycles. The van der Waals surface area contributed by atoms with Gasteiger partial charge in [0.1, 0.15) is 11.0 Å². The second-order valence-electron chi connectivity index (χ2n) is 4.44. The Balaban J connectivity index is 0.000000131. The van der Waals surface area contributed by atoms with E-state index in [1.807, 2.05) is 42.5 Å². The first kappa shape index (κ1) is 13.0. The topological polar surface area (TPSA) is 83.1 Å². The van der Waals surface area contributed by atoms with Gasteiger partial charge >= 0.3 is 0 Å². The quantitative estimate of drug-likeness (QED) is 0.589. The maximum atomic E-state index is 3.98. The van der Waals surface area contributed by atoms with Crippen LogP contribution in [0.1, 0.15) is 11.3 Å². The van der Waals surface area contributed by atoms with Crippen LogP contribution in [0.3, 0.4) is 0 Å². The summed E-state index contributed by atoms with van der Waals surface area (Å²) in [5.74, 6) is 0. The fourth-order valence-corrected chi connectivity index (χ4v) is 1.90. The molecule has 104 valence electrons. The summed E-state index contributed by atoms with van der Waals surface area (Å²) in [4.78, 5) is 0. The fourth-order valence-electron chi connectivity index (χ4n) is 1.90. The molecule has 2 heterocycles. The summed E-state index contributed by atoms with van der Waals surface area (Å²) >= 11 is 0. The highest BCUT2D eigenvalue weighted by Gasteiger charge is 1.96. The molecule has 0 fully saturated rings. The lowest BCUT2D eigenvalue weighted by molar-refractivity contribution is 0.915. The van der Waals surface area contributed by atoms with E-state index in [1.54, 1.807) is 6.20 Å². The highest BCUT2D eigenvalue weighted by molar-refractivity contribution is 5.72. The number of nitrogens with zero attached hydrogens (tertiary/aromatic N) is 4. The maximum absolute atomic E-state index is 3.98. The van der Waals surface area contributed by atoms with Crippen molar-refractivity contribution in [1.29, 1.82) is 0 Å². The average Bonchev–Trinajstić information content (AvgIpc) is 3.20. The Labute approximate surface area is 121 Å². The summed E-state index contributed by atoms with van der Waals surface area (Å²) < 4.78 is 0. The molecule has 0 saturated heterocycles. The molecule has 0 aliphatic carbocycles. The van der Waals surface area contributed by atoms with Gasteiger partial charge in [0.15, 0.2) is 0 Å². The molecule has 2 N–H and O–H groups in total. The predicted molar refractivity (Wildman–Crippen MR) is 79.5 cm³/mol. The minimum Gasteiger partial charge on any atom is -0.198 e. The van der Waals surface area contributed by atoms with E-state index in [9.17, 15) is 0 Å². The Morgan fingerprint density at radius 2 is 1.38 bits per heavy atom. The SMILES string of the molecule is c1ccc(Cc2cn[nH]n2)cc1.c1ccc2n[nH]nc2c1. The molecule has 0 amide bonds. The third-order valence-corrected chi connectivity index (χ3v) is 2.92. The molecule has 4 rings (SSSR count). The molecule has 2 aromatic heterocycles. The van der Waals surface area contributed by atoms with Crippen LogP contribution in [-0.4, -0.2) is 30.8 Å². The second-order valence-corrected chi connectivity index (χ2v) is 4.44. The van der Waals surface area contributed by atoms with E-state index in [-0.39, 0.29) is 0 Å². The van der Waals surface area contributed by atoms with Crippen LogP contribution in [0.2, 0.25) is 0 Å². The lowest BCUT2D eigenvalue weighted by atomic mass is 10.1. The molecular weight excluding hydrogens is 264 g/mol. The molecule has 0 radical (unpaired) electrons. The highest BCUT2D eigenvalue weighted by Crippen LogP contribution is 2.04. The molecule has 0 spiro atoms. The Bertz CT molecular complexity index is 746. The van der Waals surface area contributed by atoms with Crippen molar-refractivity contribution in [3.63, 3.8) is 0 Å². The number of para-hydroxylation sites is 2. The molecule has 21 heavy (non-hydrogen) atoms. The van der Waals surface area contributed by atoms with Gasteiger partial charge in [-0.25, -0.2) is 0 Å². The zero-order valence-corrected chi connectivity index (χ0v) is 11.3. The van der Waals surface area contributed by atoms with Crippen molar-refractivity contribution < 1.29 is 0 Å². The van der Waals surface area contributed by atoms with Gasteiger partial charge < -0.3 is 0 Å². The van der Waals surface area contributed by atoms with Crippen LogP contribution in [-0.2, 0) is 6.42 Å². The van der Waals surface area contributed by atoms with Gasteiger partial charge in [-0.1, -0.05) is 42.5 Å². The van der Waals surface area contributed by atoms with Crippen molar-refractivity contribution in [2.75, 3.05) is 0 Å². The zero-order valence-electron chi connectivity index (χ0n) is 11.3. The van der Waals surface area contributed by atoms with Crippen LogP contribution in [0.15, 0.2) is 60.8 Å². The van der Waals surface area contributed by atoms with Gasteiger partial charge in [-0.15, -0.1) is 0 Å². The summed E-state index contributed by atoms with van der Waals surface area (Å²) in [6, 6.07) is 17.9. The normalized spacial score (nSPS) is 10.1. The number of aromatic nitrogens is 6. The number of fused-ring (bicyclic) bond motifs is 1. The number of H-pyrrole nitrogens is 2. The summed E-state index contributed by atoms with van der Waals surface area (Å²) in [6.07, 6.45) is 2.59. The molecule has 4 aromatic rings. The van der Waals surface area contributed by atoms with Gasteiger partial charge in [-0.2, -0.15) is 30.8 Å². The van der Waals surface area contributed by atoms with Gasteiger partial charge in [0.25, 0.3) is 0 Å². The Hall–Kier alpha value is -3.02. The van der Waals surface area contributed by atoms with E-state index in [2.05, 4.69) is 43.0 Å². The summed E-state index contributed by atoms with van der Waals surface area (Å²) in [7, 11) is 0. The number of aromatic amines is 2. The van der Waals surface area contributed by atoms with Gasteiger partial charge in [0.2, 0.25) is 0 Å². The van der Waals surface area contributed by atoms with E-state index in [0.717, 1.165) is 23.1 Å². The molecule has 2 aromatic carbocycles. The van der Waals surface area contributed by atoms with Crippen molar-refractivity contribution in [2.24, 2.45) is 0 Å². The minimum absolute atomic E-state index is 0.845. The summed E-state index contributed by atoms with van der Waals surface area (Å²) in [5.41, 5.74) is 4.06. The largest absolute Gasteiger partial charge is 0.198 e. The Kier molecular flexibility index (Phi) is 3.97. The predicted octanol–water partition coefficient (Wildman–Crippen LogP) is 2.35. The van der Waals surface area contributed by atoms with Crippen LogP contribution in [0.4, 0.5) is 0 Å². The first-order valence-electron chi connectivity index (χ1n) is 6.56. The summed E-state index contributed by atoms with van der Waals surface area (Å²) in [5, 5.41) is 20.6. The van der Waals surface area contributed by atoms with Gasteiger partial charge in [-0.3, -0.25) is 0 Å². The van der Waals surface area contributed by atoms with Crippen molar-refractivity contribution in [3.05, 3.63) is 72.1 Å². The molecule has 0 atom stereocenters. The monoisotopic (exact) mass is 278 g/mol. The average molecular weight is 278 g/mol. The lowest BCUT2D eigenvalue weighted by Gasteiger charge is -1.94. The number of hydrogen-bond acceptors (Lipinski definition) is 4. The fraction of sp³-hybridized carbons (Fsp3) is 0.0667. The van der Waals surface area contributed by atoms with E-state index < -0.39 is 0 Å². The molecule has 6 nitrogen and oxygen atoms in total. The number of rotatable bonds is 2. The molecule has 0 unspecified atom stereocenters. The van der Waals surface area contributed by atoms with E-state index >= 15 is 0 Å². The molecule has 0 aliphatic heterocycles. The van der Waals surface area contributed by atoms with Crippen molar-refractivity contribution in [2.45, 2.75) is 6.42 Å². The lowest BCUT2D eigenvalue weighted by Crippen LogP contribution is -1.86. The van der Waals surface area contributed by atoms with Crippen molar-refractivity contribution in [1.82, 2.24) is 30.8 Å². The first-order chi connectivity index (χ1) is 10.4. The number of hydrogen-bond donors (Lipinski definition) is 2. The van der Waals surface area contributed by atoms with Crippen LogP contribution in [0, 0.1) is 0 Å². The van der Waals surface area contributed by atoms with Crippen LogP contribution in [0.5, 0.6) is 0 Å². The van der Waals surface area contributed by atoms with Crippen molar-refractivity contribution >= 4 is 11.0 Å². The van der Waals surface area contributed by atoms with Crippen LogP contribution < -0.4 is 0 Å². The highest BCUT2D eigenvalue weighted by atomic mass is 15.3. The van der Waals surface area contributed by atoms with E-state index in [0.29, 0.717) is 0 Å². The molecule has 0 aliphatic rings. The van der Waals surface area contributed by atoms with Crippen LogP contribution >= 0.6 is 0 Å². The zero-order chi connectivity index (χ0) is 14.3. The van der Waals surface area contributed by atoms with Gasteiger partial charge in [-0.05, 0) is 17.7 Å². The third-order valence-electron chi connectivity index (χ3n) is 2.92. The number of benzene rings is 2. The Morgan fingerprint density at radius 1 is 0.714 bits per heavy atom. The van der Waals surface area contributed by atoms with E-state index in [4.69, 9.17) is 0 Å². The standard InChI is InChI=1S/C9H9N3.C6H5N3/c1-2-4-8(5-3-1)6-9-7-10-12-11-9;1-2-4-6-5(3-1)7-9-8-6/h1-5,7H,6H2,(H,10,11,12);1-4H,(H,7,8,9). The second kappa shape index (κ2) is 6.42. The molecule has 0 bridgehead atoms.